The second-order valence-corrected chi connectivity index (χ2v) is 3.95. The van der Waals surface area contributed by atoms with Crippen LogP contribution in [0.1, 0.15) is 24.8 Å². The van der Waals surface area contributed by atoms with Crippen molar-refractivity contribution in [2.24, 2.45) is 0 Å². The fourth-order valence-electron chi connectivity index (χ4n) is 1.90. The Bertz CT molecular complexity index is 313. The predicted molar refractivity (Wildman–Crippen MR) is 58.7 cm³/mol. The molecule has 1 heterocycles. The summed E-state index contributed by atoms with van der Waals surface area (Å²) in [6.07, 6.45) is 3.26. The van der Waals surface area contributed by atoms with Crippen molar-refractivity contribution in [3.05, 3.63) is 35.9 Å². The average molecular weight is 204 g/mol. The minimum atomic E-state index is -0.117. The standard InChI is InChI=1S/C13H16O2/c14-12(13-7-4-10-15-13)9-8-11-5-2-1-3-6-11/h1-3,5-6,13H,4,7-10H2. The van der Waals surface area contributed by atoms with Gasteiger partial charge in [0.1, 0.15) is 6.10 Å². The van der Waals surface area contributed by atoms with E-state index < -0.39 is 0 Å². The van der Waals surface area contributed by atoms with Crippen molar-refractivity contribution in [3.63, 3.8) is 0 Å². The summed E-state index contributed by atoms with van der Waals surface area (Å²) in [5.41, 5.74) is 1.23. The van der Waals surface area contributed by atoms with Gasteiger partial charge in [0.25, 0.3) is 0 Å². The molecule has 0 aliphatic carbocycles. The third-order valence-corrected chi connectivity index (χ3v) is 2.79. The highest BCUT2D eigenvalue weighted by atomic mass is 16.5. The van der Waals surface area contributed by atoms with Gasteiger partial charge in [0.15, 0.2) is 5.78 Å². The third kappa shape index (κ3) is 2.90. The molecule has 1 fully saturated rings. The van der Waals surface area contributed by atoms with Gasteiger partial charge in [-0.05, 0) is 24.8 Å². The third-order valence-electron chi connectivity index (χ3n) is 2.79. The first-order chi connectivity index (χ1) is 7.36. The monoisotopic (exact) mass is 204 g/mol. The van der Waals surface area contributed by atoms with Crippen LogP contribution in [0.15, 0.2) is 30.3 Å². The molecule has 1 aliphatic rings. The van der Waals surface area contributed by atoms with E-state index in [0.717, 1.165) is 25.9 Å². The Labute approximate surface area is 90.3 Å². The number of aryl methyl sites for hydroxylation is 1. The van der Waals surface area contributed by atoms with E-state index in [-0.39, 0.29) is 11.9 Å². The fourth-order valence-corrected chi connectivity index (χ4v) is 1.90. The molecule has 0 bridgehead atoms. The number of ketones is 1. The van der Waals surface area contributed by atoms with Gasteiger partial charge in [0, 0.05) is 13.0 Å². The first-order valence-electron chi connectivity index (χ1n) is 5.54. The molecule has 1 saturated heterocycles. The number of benzene rings is 1. The smallest absolute Gasteiger partial charge is 0.161 e. The summed E-state index contributed by atoms with van der Waals surface area (Å²) < 4.78 is 5.35. The molecule has 1 aliphatic heterocycles. The second-order valence-electron chi connectivity index (χ2n) is 3.95. The first-order valence-corrected chi connectivity index (χ1v) is 5.54. The van der Waals surface area contributed by atoms with Crippen LogP contribution in [0.3, 0.4) is 0 Å². The van der Waals surface area contributed by atoms with Crippen molar-refractivity contribution in [1.82, 2.24) is 0 Å². The highest BCUT2D eigenvalue weighted by molar-refractivity contribution is 5.83. The van der Waals surface area contributed by atoms with Crippen molar-refractivity contribution in [1.29, 1.82) is 0 Å². The molecule has 0 radical (unpaired) electrons. The average Bonchev–Trinajstić information content (AvgIpc) is 2.81. The Kier molecular flexibility index (Phi) is 3.51. The highest BCUT2D eigenvalue weighted by Gasteiger charge is 2.22. The molecular formula is C13H16O2. The second kappa shape index (κ2) is 5.08. The van der Waals surface area contributed by atoms with Crippen LogP contribution in [-0.2, 0) is 16.0 Å². The van der Waals surface area contributed by atoms with E-state index in [2.05, 4.69) is 12.1 Å². The van der Waals surface area contributed by atoms with Gasteiger partial charge in [-0.2, -0.15) is 0 Å². The summed E-state index contributed by atoms with van der Waals surface area (Å²) >= 11 is 0. The lowest BCUT2D eigenvalue weighted by molar-refractivity contribution is -0.127. The molecular weight excluding hydrogens is 188 g/mol. The van der Waals surface area contributed by atoms with Gasteiger partial charge < -0.3 is 4.74 Å². The Morgan fingerprint density at radius 3 is 2.80 bits per heavy atom. The zero-order valence-corrected chi connectivity index (χ0v) is 8.82. The first kappa shape index (κ1) is 10.4. The summed E-state index contributed by atoms with van der Waals surface area (Å²) in [5.74, 6) is 0.261. The van der Waals surface area contributed by atoms with Crippen LogP contribution in [0.5, 0.6) is 0 Å². The lowest BCUT2D eigenvalue weighted by atomic mass is 10.0. The lowest BCUT2D eigenvalue weighted by Crippen LogP contribution is -2.19. The van der Waals surface area contributed by atoms with E-state index in [0.29, 0.717) is 6.42 Å². The molecule has 2 nitrogen and oxygen atoms in total. The maximum atomic E-state index is 11.7. The van der Waals surface area contributed by atoms with Gasteiger partial charge in [-0.3, -0.25) is 4.79 Å². The molecule has 0 saturated carbocycles. The number of carbonyl (C=O) groups excluding carboxylic acids is 1. The lowest BCUT2D eigenvalue weighted by Gasteiger charge is -2.07. The van der Waals surface area contributed by atoms with Crippen LogP contribution >= 0.6 is 0 Å². The summed E-state index contributed by atoms with van der Waals surface area (Å²) in [7, 11) is 0. The van der Waals surface area contributed by atoms with Crippen molar-refractivity contribution < 1.29 is 9.53 Å². The van der Waals surface area contributed by atoms with Gasteiger partial charge in [-0.1, -0.05) is 30.3 Å². The molecule has 0 spiro atoms. The molecule has 2 rings (SSSR count). The van der Waals surface area contributed by atoms with Crippen LogP contribution in [0.25, 0.3) is 0 Å². The summed E-state index contributed by atoms with van der Waals surface area (Å²) in [6, 6.07) is 10.1. The summed E-state index contributed by atoms with van der Waals surface area (Å²) in [6.45, 7) is 0.752. The molecule has 0 amide bonds. The normalized spacial score (nSPS) is 20.4. The molecule has 1 atom stereocenters. The summed E-state index contributed by atoms with van der Waals surface area (Å²) in [4.78, 5) is 11.7. The van der Waals surface area contributed by atoms with Crippen LogP contribution in [0.4, 0.5) is 0 Å². The predicted octanol–water partition coefficient (Wildman–Crippen LogP) is 2.37. The van der Waals surface area contributed by atoms with Gasteiger partial charge in [-0.15, -0.1) is 0 Å². The maximum Gasteiger partial charge on any atom is 0.161 e. The van der Waals surface area contributed by atoms with E-state index in [4.69, 9.17) is 4.74 Å². The summed E-state index contributed by atoms with van der Waals surface area (Å²) in [5, 5.41) is 0. The van der Waals surface area contributed by atoms with E-state index in [1.54, 1.807) is 0 Å². The Balaban J connectivity index is 1.80. The number of hydrogen-bond acceptors (Lipinski definition) is 2. The van der Waals surface area contributed by atoms with Gasteiger partial charge >= 0.3 is 0 Å². The van der Waals surface area contributed by atoms with Crippen molar-refractivity contribution in [2.45, 2.75) is 31.8 Å². The zero-order chi connectivity index (χ0) is 10.5. The van der Waals surface area contributed by atoms with Crippen molar-refractivity contribution in [3.8, 4) is 0 Å². The van der Waals surface area contributed by atoms with Crippen molar-refractivity contribution >= 4 is 5.78 Å². The van der Waals surface area contributed by atoms with Gasteiger partial charge in [-0.25, -0.2) is 0 Å². The SMILES string of the molecule is O=C(CCc1ccccc1)C1CCCO1. The number of ether oxygens (including phenoxy) is 1. The van der Waals surface area contributed by atoms with E-state index in [1.807, 2.05) is 18.2 Å². The number of hydrogen-bond donors (Lipinski definition) is 0. The fraction of sp³-hybridized carbons (Fsp3) is 0.462. The van der Waals surface area contributed by atoms with Crippen LogP contribution in [0, 0.1) is 0 Å². The van der Waals surface area contributed by atoms with Gasteiger partial charge in [0.05, 0.1) is 0 Å². The van der Waals surface area contributed by atoms with Gasteiger partial charge in [0.2, 0.25) is 0 Å². The molecule has 15 heavy (non-hydrogen) atoms. The molecule has 1 unspecified atom stereocenters. The maximum absolute atomic E-state index is 11.7. The number of carbonyl (C=O) groups is 1. The number of rotatable bonds is 4. The number of Topliss-reactive ketones (excluding diaryl/α,β-unsaturated/α-hetero) is 1. The van der Waals surface area contributed by atoms with Crippen LogP contribution in [-0.4, -0.2) is 18.5 Å². The highest BCUT2D eigenvalue weighted by Crippen LogP contribution is 2.15. The molecule has 0 N–H and O–H groups in total. The van der Waals surface area contributed by atoms with Crippen molar-refractivity contribution in [2.75, 3.05) is 6.61 Å². The molecule has 2 heteroatoms. The Morgan fingerprint density at radius 2 is 2.13 bits per heavy atom. The van der Waals surface area contributed by atoms with Crippen LogP contribution < -0.4 is 0 Å². The molecule has 80 valence electrons. The minimum absolute atomic E-state index is 0.117. The van der Waals surface area contributed by atoms with Crippen LogP contribution in [0.2, 0.25) is 0 Å². The quantitative estimate of drug-likeness (QED) is 0.752. The molecule has 0 aromatic heterocycles. The molecule has 1 aromatic carbocycles. The largest absolute Gasteiger partial charge is 0.370 e. The van der Waals surface area contributed by atoms with E-state index in [1.165, 1.54) is 5.56 Å². The van der Waals surface area contributed by atoms with E-state index >= 15 is 0 Å². The zero-order valence-electron chi connectivity index (χ0n) is 8.82. The Hall–Kier alpha value is -1.15. The Morgan fingerprint density at radius 1 is 1.33 bits per heavy atom. The van der Waals surface area contributed by atoms with E-state index in [9.17, 15) is 4.79 Å². The molecule has 1 aromatic rings. The topological polar surface area (TPSA) is 26.3 Å². The minimum Gasteiger partial charge on any atom is -0.370 e.